The van der Waals surface area contributed by atoms with Gasteiger partial charge in [-0.15, -0.1) is 0 Å². The number of allylic oxidation sites excluding steroid dienone is 5. The molecule has 238 valence electrons. The average Bonchev–Trinajstić information content (AvgIpc) is 3.19. The Balaban J connectivity index is 1.24. The summed E-state index contributed by atoms with van der Waals surface area (Å²) < 4.78 is 0. The summed E-state index contributed by atoms with van der Waals surface area (Å²) >= 11 is 0. The summed E-state index contributed by atoms with van der Waals surface area (Å²) in [5, 5.41) is 4.63. The topological polar surface area (TPSA) is 51.0 Å². The average molecular weight is 643 g/mol. The number of nitrogens with zero attached hydrogens (tertiary/aromatic N) is 4. The molecular formula is C46H34N4. The number of aliphatic imine (C=N–C) groups is 1. The quantitative estimate of drug-likeness (QED) is 0.170. The number of hydrogen-bond donors (Lipinski definition) is 0. The van der Waals surface area contributed by atoms with E-state index in [1.165, 1.54) is 16.3 Å². The van der Waals surface area contributed by atoms with Gasteiger partial charge >= 0.3 is 0 Å². The molecule has 6 aromatic carbocycles. The lowest BCUT2D eigenvalue weighted by Gasteiger charge is -2.13. The molecule has 7 aromatic rings. The molecule has 0 bridgehead atoms. The Morgan fingerprint density at radius 1 is 0.500 bits per heavy atom. The third kappa shape index (κ3) is 6.60. The van der Waals surface area contributed by atoms with E-state index in [4.69, 9.17) is 15.0 Å². The van der Waals surface area contributed by atoms with E-state index in [-0.39, 0.29) is 5.92 Å². The molecule has 1 aliphatic heterocycles. The van der Waals surface area contributed by atoms with E-state index in [0.717, 1.165) is 38.6 Å². The van der Waals surface area contributed by atoms with Gasteiger partial charge in [0, 0.05) is 29.8 Å². The number of fused-ring (bicyclic) bond motifs is 3. The fraction of sp³-hybridized carbons (Fsp3) is 0.0435. The lowest BCUT2D eigenvalue weighted by atomic mass is 9.96. The largest absolute Gasteiger partial charge is 0.292 e. The minimum atomic E-state index is 0.164. The number of rotatable bonds is 6. The first-order valence-electron chi connectivity index (χ1n) is 16.9. The van der Waals surface area contributed by atoms with Crippen LogP contribution in [0.2, 0.25) is 0 Å². The van der Waals surface area contributed by atoms with Crippen LogP contribution in [-0.2, 0) is 0 Å². The molecule has 0 amide bonds. The minimum absolute atomic E-state index is 0.164. The summed E-state index contributed by atoms with van der Waals surface area (Å²) in [7, 11) is 0. The Labute approximate surface area is 292 Å². The normalized spacial score (nSPS) is 15.2. The Kier molecular flexibility index (Phi) is 8.81. The molecule has 0 saturated carbocycles. The van der Waals surface area contributed by atoms with Crippen molar-refractivity contribution in [3.8, 4) is 33.9 Å². The van der Waals surface area contributed by atoms with Crippen molar-refractivity contribution in [1.82, 2.24) is 15.0 Å². The van der Waals surface area contributed by atoms with Crippen molar-refractivity contribution in [2.75, 3.05) is 6.54 Å². The van der Waals surface area contributed by atoms with Crippen molar-refractivity contribution in [1.29, 1.82) is 0 Å². The van der Waals surface area contributed by atoms with Gasteiger partial charge in [0.05, 0.1) is 0 Å². The highest BCUT2D eigenvalue weighted by Crippen LogP contribution is 2.34. The van der Waals surface area contributed by atoms with Crippen molar-refractivity contribution >= 4 is 39.9 Å². The molecule has 0 N–H and O–H groups in total. The van der Waals surface area contributed by atoms with Crippen LogP contribution in [0.1, 0.15) is 22.9 Å². The van der Waals surface area contributed by atoms with Crippen molar-refractivity contribution in [2.45, 2.75) is 5.92 Å². The highest BCUT2D eigenvalue weighted by Gasteiger charge is 2.15. The molecule has 0 spiro atoms. The summed E-state index contributed by atoms with van der Waals surface area (Å²) in [6.45, 7) is 0.679. The first-order chi connectivity index (χ1) is 24.8. The second-order valence-electron chi connectivity index (χ2n) is 12.2. The molecule has 4 heteroatoms. The Morgan fingerprint density at radius 3 is 2.08 bits per heavy atom. The third-order valence-corrected chi connectivity index (χ3v) is 9.00. The summed E-state index contributed by atoms with van der Waals surface area (Å²) in [5.41, 5.74) is 6.50. The lowest BCUT2D eigenvalue weighted by molar-refractivity contribution is 0.853. The van der Waals surface area contributed by atoms with Gasteiger partial charge in [-0.3, -0.25) is 4.99 Å². The van der Waals surface area contributed by atoms with Crippen LogP contribution in [0.5, 0.6) is 0 Å². The fourth-order valence-corrected chi connectivity index (χ4v) is 6.48. The predicted octanol–water partition coefficient (Wildman–Crippen LogP) is 11.2. The maximum Gasteiger partial charge on any atom is 0.164 e. The number of benzene rings is 6. The molecule has 50 heavy (non-hydrogen) atoms. The maximum atomic E-state index is 5.13. The molecule has 4 nitrogen and oxygen atoms in total. The highest BCUT2D eigenvalue weighted by molar-refractivity contribution is 6.13. The zero-order valence-corrected chi connectivity index (χ0v) is 27.5. The van der Waals surface area contributed by atoms with Crippen LogP contribution in [0, 0.1) is 0 Å². The zero-order chi connectivity index (χ0) is 33.5. The van der Waals surface area contributed by atoms with Crippen molar-refractivity contribution in [3.63, 3.8) is 0 Å². The lowest BCUT2D eigenvalue weighted by Crippen LogP contribution is -2.02. The Bertz CT molecular complexity index is 2450. The SMILES string of the molecule is C1=CC=NCC(c2ccc(-c3nc(/C=C/c4ccccc4-c4ccccc4)nc(-c4cc5ccccc5c5ccccc45)n3)cc2)/C=C/C=C1. The molecule has 0 saturated heterocycles. The van der Waals surface area contributed by atoms with Gasteiger partial charge in [-0.1, -0.05) is 164 Å². The standard InChI is InChI=1S/C46H34N4/c1-2-5-19-38(32-47-30-14-3-1)33-24-26-36(27-25-33)45-48-44(29-28-35-17-8-10-20-39(35)34-15-6-4-7-16-34)49-46(50-45)43-31-37-18-9-11-21-40(37)41-22-12-13-23-42(41)43/h1-31,38H,32H2/b2-1?,14-3?,19-5+,29-28+,47-30?. The summed E-state index contributed by atoms with van der Waals surface area (Å²) in [6.07, 6.45) is 18.2. The molecule has 1 unspecified atom stereocenters. The van der Waals surface area contributed by atoms with Gasteiger partial charge in [0.15, 0.2) is 17.5 Å². The second kappa shape index (κ2) is 14.3. The zero-order valence-electron chi connectivity index (χ0n) is 27.5. The van der Waals surface area contributed by atoms with Crippen LogP contribution >= 0.6 is 0 Å². The summed E-state index contributed by atoms with van der Waals surface area (Å²) in [4.78, 5) is 19.8. The van der Waals surface area contributed by atoms with E-state index in [0.29, 0.717) is 24.0 Å². The molecule has 0 fully saturated rings. The Hall–Kier alpha value is -6.52. The number of aromatic nitrogens is 3. The fourth-order valence-electron chi connectivity index (χ4n) is 6.48. The van der Waals surface area contributed by atoms with Crippen LogP contribution in [0.15, 0.2) is 175 Å². The smallest absolute Gasteiger partial charge is 0.164 e. The molecule has 2 heterocycles. The van der Waals surface area contributed by atoms with E-state index in [1.54, 1.807) is 0 Å². The molecule has 0 radical (unpaired) electrons. The van der Waals surface area contributed by atoms with Gasteiger partial charge < -0.3 is 0 Å². The van der Waals surface area contributed by atoms with Gasteiger partial charge in [-0.25, -0.2) is 15.0 Å². The first-order valence-corrected chi connectivity index (χ1v) is 16.9. The minimum Gasteiger partial charge on any atom is -0.292 e. The van der Waals surface area contributed by atoms with Gasteiger partial charge in [0.1, 0.15) is 0 Å². The molecular weight excluding hydrogens is 609 g/mol. The second-order valence-corrected chi connectivity index (χ2v) is 12.2. The highest BCUT2D eigenvalue weighted by atomic mass is 15.0. The van der Waals surface area contributed by atoms with Gasteiger partial charge in [0.25, 0.3) is 0 Å². The monoisotopic (exact) mass is 642 g/mol. The van der Waals surface area contributed by atoms with Crippen molar-refractivity contribution < 1.29 is 0 Å². The van der Waals surface area contributed by atoms with Crippen LogP contribution in [0.4, 0.5) is 0 Å². The molecule has 1 aliphatic rings. The third-order valence-electron chi connectivity index (χ3n) is 9.00. The summed E-state index contributed by atoms with van der Waals surface area (Å²) in [5.74, 6) is 2.03. The Morgan fingerprint density at radius 2 is 1.20 bits per heavy atom. The van der Waals surface area contributed by atoms with Crippen molar-refractivity contribution in [2.24, 2.45) is 4.99 Å². The van der Waals surface area contributed by atoms with E-state index in [1.807, 2.05) is 42.7 Å². The molecule has 1 aromatic heterocycles. The molecule has 1 atom stereocenters. The van der Waals surface area contributed by atoms with Crippen molar-refractivity contribution in [3.05, 3.63) is 187 Å². The number of hydrogen-bond acceptors (Lipinski definition) is 4. The molecule has 8 rings (SSSR count). The van der Waals surface area contributed by atoms with Crippen LogP contribution < -0.4 is 0 Å². The van der Waals surface area contributed by atoms with Crippen LogP contribution in [-0.4, -0.2) is 27.7 Å². The van der Waals surface area contributed by atoms with Gasteiger partial charge in [0.2, 0.25) is 0 Å². The maximum absolute atomic E-state index is 5.13. The van der Waals surface area contributed by atoms with Crippen LogP contribution in [0.25, 0.3) is 67.6 Å². The van der Waals surface area contributed by atoms with E-state index >= 15 is 0 Å². The van der Waals surface area contributed by atoms with Gasteiger partial charge in [-0.05, 0) is 62.0 Å². The van der Waals surface area contributed by atoms with Crippen LogP contribution in [0.3, 0.4) is 0 Å². The van der Waals surface area contributed by atoms with E-state index < -0.39 is 0 Å². The van der Waals surface area contributed by atoms with E-state index in [9.17, 15) is 0 Å². The van der Waals surface area contributed by atoms with Gasteiger partial charge in [-0.2, -0.15) is 0 Å². The van der Waals surface area contributed by atoms with E-state index in [2.05, 4.69) is 151 Å². The predicted molar refractivity (Wildman–Crippen MR) is 210 cm³/mol. The first kappa shape index (κ1) is 30.8. The summed E-state index contributed by atoms with van der Waals surface area (Å²) in [6, 6.07) is 46.6. The molecule has 0 aliphatic carbocycles.